The second kappa shape index (κ2) is 8.50. The minimum absolute atomic E-state index is 0.901. The number of hydrogen-bond acceptors (Lipinski definition) is 2. The Labute approximate surface area is 183 Å². The van der Waals surface area contributed by atoms with Gasteiger partial charge in [0.15, 0.2) is 8.07 Å². The maximum absolute atomic E-state index is 4.86. The zero-order valence-corrected chi connectivity index (χ0v) is 18.1. The molecule has 31 heavy (non-hydrogen) atoms. The standard InChI is InChI=1S/C28H22N2Si/c1-4-13-23(14-5-1)31(24-15-6-2-7-16-24,25-17-8-3-9-18-25)27-20-12-22-30-28(27)26-19-10-11-21-29-26/h1-22H. The molecule has 0 atom stereocenters. The van der Waals surface area contributed by atoms with E-state index in [0.717, 1.165) is 11.4 Å². The number of aromatic nitrogens is 2. The van der Waals surface area contributed by atoms with Crippen LogP contribution in [0.4, 0.5) is 0 Å². The first-order valence-corrected chi connectivity index (χ1v) is 12.4. The summed E-state index contributed by atoms with van der Waals surface area (Å²) in [5, 5.41) is 5.24. The maximum Gasteiger partial charge on any atom is 0.182 e. The molecule has 3 heteroatoms. The van der Waals surface area contributed by atoms with E-state index in [4.69, 9.17) is 4.98 Å². The van der Waals surface area contributed by atoms with E-state index in [1.165, 1.54) is 20.7 Å². The van der Waals surface area contributed by atoms with Gasteiger partial charge in [0, 0.05) is 12.4 Å². The van der Waals surface area contributed by atoms with Crippen molar-refractivity contribution in [3.05, 3.63) is 134 Å². The second-order valence-electron chi connectivity index (χ2n) is 7.46. The minimum Gasteiger partial charge on any atom is -0.255 e. The first kappa shape index (κ1) is 19.2. The zero-order chi connectivity index (χ0) is 20.9. The highest BCUT2D eigenvalue weighted by molar-refractivity contribution is 7.20. The van der Waals surface area contributed by atoms with Gasteiger partial charge in [-0.1, -0.05) is 103 Å². The molecule has 0 unspecified atom stereocenters. The lowest BCUT2D eigenvalue weighted by Gasteiger charge is -2.35. The van der Waals surface area contributed by atoms with Crippen LogP contribution in [0, 0.1) is 0 Å². The smallest absolute Gasteiger partial charge is 0.182 e. The molecule has 3 aromatic carbocycles. The summed E-state index contributed by atoms with van der Waals surface area (Å²) in [5.41, 5.74) is 1.85. The molecule has 0 aliphatic heterocycles. The summed E-state index contributed by atoms with van der Waals surface area (Å²) in [5.74, 6) is 0. The van der Waals surface area contributed by atoms with Gasteiger partial charge < -0.3 is 0 Å². The van der Waals surface area contributed by atoms with E-state index in [2.05, 4.69) is 108 Å². The zero-order valence-electron chi connectivity index (χ0n) is 17.1. The monoisotopic (exact) mass is 414 g/mol. The summed E-state index contributed by atoms with van der Waals surface area (Å²) in [6.07, 6.45) is 3.71. The Hall–Kier alpha value is -3.82. The molecule has 0 saturated carbocycles. The highest BCUT2D eigenvalue weighted by atomic mass is 28.3. The van der Waals surface area contributed by atoms with Crippen LogP contribution in [0.3, 0.4) is 0 Å². The van der Waals surface area contributed by atoms with Crippen LogP contribution in [0.25, 0.3) is 11.4 Å². The Morgan fingerprint density at radius 3 is 1.39 bits per heavy atom. The Morgan fingerprint density at radius 2 is 0.903 bits per heavy atom. The van der Waals surface area contributed by atoms with Crippen molar-refractivity contribution in [2.45, 2.75) is 0 Å². The fourth-order valence-electron chi connectivity index (χ4n) is 4.45. The molecule has 0 aliphatic rings. The third-order valence-corrected chi connectivity index (χ3v) is 10.5. The number of pyridine rings is 2. The highest BCUT2D eigenvalue weighted by Crippen LogP contribution is 2.17. The van der Waals surface area contributed by atoms with Gasteiger partial charge in [-0.25, -0.2) is 0 Å². The predicted molar refractivity (Wildman–Crippen MR) is 131 cm³/mol. The minimum atomic E-state index is -2.63. The first-order valence-electron chi connectivity index (χ1n) is 10.4. The van der Waals surface area contributed by atoms with E-state index in [9.17, 15) is 0 Å². The van der Waals surface area contributed by atoms with Gasteiger partial charge in [-0.3, -0.25) is 9.97 Å². The van der Waals surface area contributed by atoms with E-state index < -0.39 is 8.07 Å². The summed E-state index contributed by atoms with van der Waals surface area (Å²) in [7, 11) is -2.63. The van der Waals surface area contributed by atoms with Crippen molar-refractivity contribution < 1.29 is 0 Å². The Bertz CT molecular complexity index is 1160. The fourth-order valence-corrected chi connectivity index (χ4v) is 9.35. The lowest BCUT2D eigenvalue weighted by Crippen LogP contribution is -2.75. The molecule has 5 rings (SSSR count). The van der Waals surface area contributed by atoms with Crippen molar-refractivity contribution in [1.82, 2.24) is 9.97 Å². The Kier molecular flexibility index (Phi) is 5.25. The molecule has 0 N–H and O–H groups in total. The number of benzene rings is 3. The molecule has 2 nitrogen and oxygen atoms in total. The molecule has 0 fully saturated rings. The van der Waals surface area contributed by atoms with Crippen LogP contribution in [0.1, 0.15) is 0 Å². The lowest BCUT2D eigenvalue weighted by atomic mass is 10.2. The molecule has 148 valence electrons. The first-order chi connectivity index (χ1) is 15.4. The molecular weight excluding hydrogens is 392 g/mol. The molecule has 0 amide bonds. The van der Waals surface area contributed by atoms with Crippen molar-refractivity contribution in [3.8, 4) is 11.4 Å². The van der Waals surface area contributed by atoms with Crippen LogP contribution in [-0.2, 0) is 0 Å². The number of nitrogens with zero attached hydrogens (tertiary/aromatic N) is 2. The van der Waals surface area contributed by atoms with E-state index in [1.54, 1.807) is 0 Å². The maximum atomic E-state index is 4.86. The van der Waals surface area contributed by atoms with E-state index in [0.29, 0.717) is 0 Å². The Balaban J connectivity index is 1.94. The van der Waals surface area contributed by atoms with Gasteiger partial charge in [0.1, 0.15) is 0 Å². The van der Waals surface area contributed by atoms with Crippen LogP contribution >= 0.6 is 0 Å². The average Bonchev–Trinajstić information content (AvgIpc) is 2.87. The van der Waals surface area contributed by atoms with Crippen LogP contribution in [0.15, 0.2) is 134 Å². The summed E-state index contributed by atoms with van der Waals surface area (Å²) in [6.45, 7) is 0. The van der Waals surface area contributed by atoms with Crippen LogP contribution in [0.5, 0.6) is 0 Å². The van der Waals surface area contributed by atoms with Gasteiger partial charge >= 0.3 is 0 Å². The largest absolute Gasteiger partial charge is 0.255 e. The fraction of sp³-hybridized carbons (Fsp3) is 0. The third-order valence-electron chi connectivity index (χ3n) is 5.74. The molecule has 0 bridgehead atoms. The summed E-state index contributed by atoms with van der Waals surface area (Å²) in [6, 6.07) is 43.0. The van der Waals surface area contributed by atoms with E-state index in [1.807, 2.05) is 30.6 Å². The molecule has 0 aliphatic carbocycles. The number of hydrogen-bond donors (Lipinski definition) is 0. The van der Waals surface area contributed by atoms with Crippen LogP contribution < -0.4 is 20.7 Å². The van der Waals surface area contributed by atoms with Crippen molar-refractivity contribution in [3.63, 3.8) is 0 Å². The second-order valence-corrected chi connectivity index (χ2v) is 11.2. The Morgan fingerprint density at radius 1 is 0.419 bits per heavy atom. The summed E-state index contributed by atoms with van der Waals surface area (Å²) < 4.78 is 0. The molecule has 2 heterocycles. The molecule has 5 aromatic rings. The quantitative estimate of drug-likeness (QED) is 0.325. The summed E-state index contributed by atoms with van der Waals surface area (Å²) in [4.78, 5) is 9.53. The van der Waals surface area contributed by atoms with Crippen LogP contribution in [-0.4, -0.2) is 18.0 Å². The van der Waals surface area contributed by atoms with Crippen molar-refractivity contribution >= 4 is 28.8 Å². The van der Waals surface area contributed by atoms with Crippen molar-refractivity contribution in [2.24, 2.45) is 0 Å². The van der Waals surface area contributed by atoms with Gasteiger partial charge in [0.25, 0.3) is 0 Å². The number of rotatable bonds is 5. The third kappa shape index (κ3) is 3.39. The summed E-state index contributed by atoms with van der Waals surface area (Å²) >= 11 is 0. The van der Waals surface area contributed by atoms with Gasteiger partial charge in [-0.05, 0) is 38.9 Å². The van der Waals surface area contributed by atoms with Crippen molar-refractivity contribution in [1.29, 1.82) is 0 Å². The topological polar surface area (TPSA) is 25.8 Å². The van der Waals surface area contributed by atoms with Crippen LogP contribution in [0.2, 0.25) is 0 Å². The predicted octanol–water partition coefficient (Wildman–Crippen LogP) is 3.52. The van der Waals surface area contributed by atoms with Gasteiger partial charge in [-0.2, -0.15) is 0 Å². The van der Waals surface area contributed by atoms with Crippen molar-refractivity contribution in [2.75, 3.05) is 0 Å². The molecule has 2 aromatic heterocycles. The molecular formula is C28H22N2Si. The SMILES string of the molecule is c1ccc([Si](c2ccccc2)(c2ccccc2)c2cccnc2-c2ccccn2)cc1. The van der Waals surface area contributed by atoms with E-state index in [-0.39, 0.29) is 0 Å². The lowest BCUT2D eigenvalue weighted by molar-refractivity contribution is 1.26. The van der Waals surface area contributed by atoms with Gasteiger partial charge in [0.2, 0.25) is 0 Å². The molecule has 0 saturated heterocycles. The average molecular weight is 415 g/mol. The van der Waals surface area contributed by atoms with E-state index >= 15 is 0 Å². The highest BCUT2D eigenvalue weighted by Gasteiger charge is 2.43. The van der Waals surface area contributed by atoms with Gasteiger partial charge in [-0.15, -0.1) is 0 Å². The molecule has 0 radical (unpaired) electrons. The van der Waals surface area contributed by atoms with Gasteiger partial charge in [0.05, 0.1) is 11.4 Å². The molecule has 0 spiro atoms. The normalized spacial score (nSPS) is 11.2.